The molecule has 0 spiro atoms. The molecule has 0 aromatic heterocycles. The molecule has 2 aromatic carbocycles. The highest BCUT2D eigenvalue weighted by molar-refractivity contribution is 5.88. The third-order valence-corrected chi connectivity index (χ3v) is 5.74. The minimum absolute atomic E-state index is 0.139. The fourth-order valence-electron chi connectivity index (χ4n) is 3.94. The molecule has 1 saturated carbocycles. The van der Waals surface area contributed by atoms with Crippen molar-refractivity contribution in [2.75, 3.05) is 6.61 Å². The molecule has 31 heavy (non-hydrogen) atoms. The fourth-order valence-corrected chi connectivity index (χ4v) is 3.94. The average molecular weight is 427 g/mol. The van der Waals surface area contributed by atoms with Crippen molar-refractivity contribution in [1.29, 1.82) is 0 Å². The van der Waals surface area contributed by atoms with Gasteiger partial charge in [0.25, 0.3) is 5.91 Å². The van der Waals surface area contributed by atoms with Crippen LogP contribution in [0.25, 0.3) is 0 Å². The first-order valence-electron chi connectivity index (χ1n) is 11.0. The molecule has 0 bridgehead atoms. The maximum atomic E-state index is 13.3. The number of ether oxygens (including phenoxy) is 1. The number of nitrogens with zero attached hydrogens (tertiary/aromatic N) is 1. The highest BCUT2D eigenvalue weighted by atomic mass is 19.1. The van der Waals surface area contributed by atoms with E-state index in [9.17, 15) is 14.0 Å². The number of amides is 2. The Kier molecular flexibility index (Phi) is 8.04. The smallest absolute Gasteiger partial charge is 0.261 e. The maximum absolute atomic E-state index is 13.3. The predicted octanol–water partition coefficient (Wildman–Crippen LogP) is 4.38. The van der Waals surface area contributed by atoms with E-state index in [1.54, 1.807) is 17.0 Å². The Morgan fingerprint density at radius 1 is 1.10 bits per heavy atom. The van der Waals surface area contributed by atoms with Crippen LogP contribution in [-0.4, -0.2) is 35.4 Å². The Bertz CT molecular complexity index is 861. The molecule has 0 radical (unpaired) electrons. The highest BCUT2D eigenvalue weighted by Gasteiger charge is 2.30. The van der Waals surface area contributed by atoms with Gasteiger partial charge in [-0.15, -0.1) is 0 Å². The monoisotopic (exact) mass is 426 g/mol. The van der Waals surface area contributed by atoms with Gasteiger partial charge in [0.2, 0.25) is 5.91 Å². The minimum atomic E-state index is -0.611. The van der Waals surface area contributed by atoms with Gasteiger partial charge < -0.3 is 15.0 Å². The molecule has 2 amide bonds. The van der Waals surface area contributed by atoms with Crippen LogP contribution in [0.15, 0.2) is 48.5 Å². The van der Waals surface area contributed by atoms with Gasteiger partial charge in [0.05, 0.1) is 0 Å². The molecule has 6 heteroatoms. The number of carbonyl (C=O) groups excluding carboxylic acids is 2. The summed E-state index contributed by atoms with van der Waals surface area (Å²) in [7, 11) is 0. The summed E-state index contributed by atoms with van der Waals surface area (Å²) in [6.07, 6.45) is 4.67. The second-order valence-corrected chi connectivity index (χ2v) is 8.16. The summed E-state index contributed by atoms with van der Waals surface area (Å²) >= 11 is 0. The van der Waals surface area contributed by atoms with Crippen LogP contribution < -0.4 is 10.1 Å². The number of carbonyl (C=O) groups is 2. The second kappa shape index (κ2) is 10.9. The lowest BCUT2D eigenvalue weighted by Crippen LogP contribution is -2.52. The lowest BCUT2D eigenvalue weighted by Gasteiger charge is -2.31. The third kappa shape index (κ3) is 6.54. The molecule has 3 rings (SSSR count). The van der Waals surface area contributed by atoms with Crippen LogP contribution in [0, 0.1) is 12.7 Å². The summed E-state index contributed by atoms with van der Waals surface area (Å²) in [5.41, 5.74) is 1.86. The van der Waals surface area contributed by atoms with Gasteiger partial charge in [-0.2, -0.15) is 0 Å². The summed E-state index contributed by atoms with van der Waals surface area (Å²) in [4.78, 5) is 27.7. The Balaban J connectivity index is 1.74. The fraction of sp³-hybridized carbons (Fsp3) is 0.440. The predicted molar refractivity (Wildman–Crippen MR) is 118 cm³/mol. The molecular formula is C25H31FN2O3. The molecule has 1 N–H and O–H groups in total. The summed E-state index contributed by atoms with van der Waals surface area (Å²) in [6, 6.07) is 13.0. The Morgan fingerprint density at radius 2 is 1.74 bits per heavy atom. The van der Waals surface area contributed by atoms with Crippen LogP contribution >= 0.6 is 0 Å². The Hall–Kier alpha value is -2.89. The van der Waals surface area contributed by atoms with E-state index < -0.39 is 6.04 Å². The van der Waals surface area contributed by atoms with E-state index in [2.05, 4.69) is 5.32 Å². The van der Waals surface area contributed by atoms with Crippen molar-refractivity contribution >= 4 is 11.8 Å². The maximum Gasteiger partial charge on any atom is 0.261 e. The molecule has 1 fully saturated rings. The number of aryl methyl sites for hydroxylation is 1. The SMILES string of the molecule is CC[C@H](C(=O)NC1CCCC1)N(Cc1ccc(F)cc1)C(=O)COc1ccc(C)cc1. The molecule has 2 aromatic rings. The minimum Gasteiger partial charge on any atom is -0.484 e. The van der Waals surface area contributed by atoms with Gasteiger partial charge in [-0.05, 0) is 56.0 Å². The second-order valence-electron chi connectivity index (χ2n) is 8.16. The first-order chi connectivity index (χ1) is 15.0. The molecular weight excluding hydrogens is 395 g/mol. The zero-order valence-corrected chi connectivity index (χ0v) is 18.3. The van der Waals surface area contributed by atoms with Crippen LogP contribution in [0.3, 0.4) is 0 Å². The van der Waals surface area contributed by atoms with Crippen molar-refractivity contribution in [2.24, 2.45) is 0 Å². The van der Waals surface area contributed by atoms with Crippen LogP contribution in [0.4, 0.5) is 4.39 Å². The molecule has 0 saturated heterocycles. The first kappa shape index (κ1) is 22.8. The van der Waals surface area contributed by atoms with Crippen LogP contribution in [0.5, 0.6) is 5.75 Å². The normalized spacial score (nSPS) is 14.8. The Labute approximate surface area is 183 Å². The van der Waals surface area contributed by atoms with Gasteiger partial charge in [-0.3, -0.25) is 9.59 Å². The van der Waals surface area contributed by atoms with Crippen LogP contribution in [-0.2, 0) is 16.1 Å². The number of halogens is 1. The zero-order valence-electron chi connectivity index (χ0n) is 18.3. The topological polar surface area (TPSA) is 58.6 Å². The number of rotatable bonds is 9. The molecule has 0 unspecified atom stereocenters. The van der Waals surface area contributed by atoms with Crippen molar-refractivity contribution in [2.45, 2.75) is 64.6 Å². The third-order valence-electron chi connectivity index (χ3n) is 5.74. The van der Waals surface area contributed by atoms with Crippen LogP contribution in [0.1, 0.15) is 50.2 Å². The molecule has 0 heterocycles. The number of nitrogens with one attached hydrogen (secondary N) is 1. The molecule has 0 aliphatic heterocycles. The summed E-state index contributed by atoms with van der Waals surface area (Å²) in [5.74, 6) is -0.155. The lowest BCUT2D eigenvalue weighted by molar-refractivity contribution is -0.143. The largest absolute Gasteiger partial charge is 0.484 e. The van der Waals surface area contributed by atoms with Gasteiger partial charge >= 0.3 is 0 Å². The molecule has 1 aliphatic carbocycles. The number of hydrogen-bond donors (Lipinski definition) is 1. The summed E-state index contributed by atoms with van der Waals surface area (Å²) in [5, 5.41) is 3.11. The van der Waals surface area contributed by atoms with Gasteiger partial charge in [0, 0.05) is 12.6 Å². The molecule has 1 atom stereocenters. The average Bonchev–Trinajstić information content (AvgIpc) is 3.27. The van der Waals surface area contributed by atoms with Crippen molar-refractivity contribution in [1.82, 2.24) is 10.2 Å². The molecule has 1 aliphatic rings. The van der Waals surface area contributed by atoms with E-state index in [0.717, 1.165) is 36.8 Å². The van der Waals surface area contributed by atoms with Crippen molar-refractivity contribution in [3.8, 4) is 5.75 Å². The van der Waals surface area contributed by atoms with E-state index in [1.165, 1.54) is 12.1 Å². The standard InChI is InChI=1S/C25H31FN2O3/c1-3-23(25(30)27-21-6-4-5-7-21)28(16-19-10-12-20(26)13-11-19)24(29)17-31-22-14-8-18(2)9-15-22/h8-15,21,23H,3-7,16-17H2,1-2H3,(H,27,30)/t23-/m1/s1. The zero-order chi connectivity index (χ0) is 22.2. The lowest BCUT2D eigenvalue weighted by atomic mass is 10.1. The number of benzene rings is 2. The van der Waals surface area contributed by atoms with E-state index in [4.69, 9.17) is 4.74 Å². The summed E-state index contributed by atoms with van der Waals surface area (Å²) < 4.78 is 19.0. The quantitative estimate of drug-likeness (QED) is 0.647. The van der Waals surface area contributed by atoms with E-state index in [-0.39, 0.29) is 36.8 Å². The van der Waals surface area contributed by atoms with Crippen molar-refractivity contribution in [3.05, 3.63) is 65.5 Å². The van der Waals surface area contributed by atoms with Crippen LogP contribution in [0.2, 0.25) is 0 Å². The summed E-state index contributed by atoms with van der Waals surface area (Å²) in [6.45, 7) is 3.92. The Morgan fingerprint density at radius 3 is 2.35 bits per heavy atom. The van der Waals surface area contributed by atoms with Gasteiger partial charge in [-0.25, -0.2) is 4.39 Å². The number of hydrogen-bond acceptors (Lipinski definition) is 3. The van der Waals surface area contributed by atoms with Crippen molar-refractivity contribution in [3.63, 3.8) is 0 Å². The van der Waals surface area contributed by atoms with E-state index in [0.29, 0.717) is 12.2 Å². The van der Waals surface area contributed by atoms with Crippen molar-refractivity contribution < 1.29 is 18.7 Å². The van der Waals surface area contributed by atoms with Gasteiger partial charge in [0.1, 0.15) is 17.6 Å². The molecule has 5 nitrogen and oxygen atoms in total. The molecule has 166 valence electrons. The van der Waals surface area contributed by atoms with Gasteiger partial charge in [-0.1, -0.05) is 49.6 Å². The van der Waals surface area contributed by atoms with E-state index >= 15 is 0 Å². The van der Waals surface area contributed by atoms with Gasteiger partial charge in [0.15, 0.2) is 6.61 Å². The first-order valence-corrected chi connectivity index (χ1v) is 11.0. The van der Waals surface area contributed by atoms with E-state index in [1.807, 2.05) is 38.1 Å². The highest BCUT2D eigenvalue weighted by Crippen LogP contribution is 2.20.